The van der Waals surface area contributed by atoms with E-state index in [2.05, 4.69) is 6.07 Å². The van der Waals surface area contributed by atoms with Crippen molar-refractivity contribution in [1.29, 1.82) is 0 Å². The molecule has 4 heteroatoms. The summed E-state index contributed by atoms with van der Waals surface area (Å²) in [6.45, 7) is 1.88. The van der Waals surface area contributed by atoms with Crippen molar-refractivity contribution in [1.82, 2.24) is 0 Å². The van der Waals surface area contributed by atoms with Crippen LogP contribution in [0, 0.1) is 0 Å². The summed E-state index contributed by atoms with van der Waals surface area (Å²) < 4.78 is 27.8. The van der Waals surface area contributed by atoms with Gasteiger partial charge in [0.1, 0.15) is 0 Å². The van der Waals surface area contributed by atoms with Gasteiger partial charge in [-0.05, 0) is 30.9 Å². The predicted octanol–water partition coefficient (Wildman–Crippen LogP) is 2.38. The Bertz CT molecular complexity index is 529. The highest BCUT2D eigenvalue weighted by atomic mass is 32.2. The van der Waals surface area contributed by atoms with Crippen LogP contribution in [0.25, 0.3) is 6.08 Å². The van der Waals surface area contributed by atoms with E-state index in [1.54, 1.807) is 6.92 Å². The van der Waals surface area contributed by atoms with Crippen molar-refractivity contribution < 1.29 is 12.6 Å². The molecule has 1 aliphatic carbocycles. The molecule has 0 N–H and O–H groups in total. The maximum Gasteiger partial charge on any atom is 0.271 e. The van der Waals surface area contributed by atoms with E-state index in [0.29, 0.717) is 0 Å². The lowest BCUT2D eigenvalue weighted by Crippen LogP contribution is -2.14. The molecule has 1 aromatic carbocycles. The van der Waals surface area contributed by atoms with Gasteiger partial charge in [0.2, 0.25) is 0 Å². The summed E-state index contributed by atoms with van der Waals surface area (Å²) in [5.74, 6) is 0.00910. The number of aryl methyl sites for hydroxylation is 1. The number of benzene rings is 1. The van der Waals surface area contributed by atoms with Crippen LogP contribution in [0.15, 0.2) is 29.8 Å². The molecule has 0 heterocycles. The van der Waals surface area contributed by atoms with Crippen molar-refractivity contribution in [3.05, 3.63) is 41.0 Å². The molecule has 1 aromatic rings. The van der Waals surface area contributed by atoms with Gasteiger partial charge in [-0.1, -0.05) is 35.9 Å². The molecule has 0 saturated carbocycles. The van der Waals surface area contributed by atoms with E-state index in [0.717, 1.165) is 24.0 Å². The largest absolute Gasteiger partial charge is 0.271 e. The first-order valence-corrected chi connectivity index (χ1v) is 7.33. The third kappa shape index (κ3) is 3.17. The van der Waals surface area contributed by atoms with Crippen molar-refractivity contribution in [3.8, 4) is 0 Å². The van der Waals surface area contributed by atoms with Crippen LogP contribution in [0.1, 0.15) is 24.5 Å². The molecule has 17 heavy (non-hydrogen) atoms. The quantitative estimate of drug-likeness (QED) is 0.773. The van der Waals surface area contributed by atoms with Gasteiger partial charge in [-0.2, -0.15) is 8.42 Å². The zero-order valence-electron chi connectivity index (χ0n) is 9.85. The molecule has 0 atom stereocenters. The Hall–Kier alpha value is -1.13. The number of hydrogen-bond acceptors (Lipinski definition) is 3. The maximum absolute atomic E-state index is 11.5. The van der Waals surface area contributed by atoms with Crippen molar-refractivity contribution in [2.45, 2.75) is 19.8 Å². The Morgan fingerprint density at radius 3 is 2.76 bits per heavy atom. The van der Waals surface area contributed by atoms with Crippen LogP contribution >= 0.6 is 0 Å². The standard InChI is InChI=1S/C13H16O3S/c1-2-16-17(14,15)10-11-7-8-12-5-3-4-6-13(12)9-11/h3-6,9H,2,7-8,10H2,1H3. The normalized spacial score (nSPS) is 15.2. The van der Waals surface area contributed by atoms with E-state index >= 15 is 0 Å². The zero-order valence-corrected chi connectivity index (χ0v) is 10.7. The summed E-state index contributed by atoms with van der Waals surface area (Å²) in [5.41, 5.74) is 3.34. The first-order chi connectivity index (χ1) is 8.11. The van der Waals surface area contributed by atoms with Crippen LogP contribution < -0.4 is 0 Å². The first-order valence-electron chi connectivity index (χ1n) is 5.75. The molecule has 0 radical (unpaired) electrons. The van der Waals surface area contributed by atoms with Crippen LogP contribution in [-0.4, -0.2) is 20.8 Å². The van der Waals surface area contributed by atoms with Crippen LogP contribution in [0.4, 0.5) is 0 Å². The molecule has 1 aliphatic rings. The van der Waals surface area contributed by atoms with E-state index in [1.807, 2.05) is 24.3 Å². The van der Waals surface area contributed by atoms with Gasteiger partial charge in [-0.15, -0.1) is 0 Å². The lowest BCUT2D eigenvalue weighted by molar-refractivity contribution is 0.339. The van der Waals surface area contributed by atoms with E-state index < -0.39 is 10.1 Å². The average Bonchev–Trinajstić information content (AvgIpc) is 2.28. The molecule has 3 nitrogen and oxygen atoms in total. The Kier molecular flexibility index (Phi) is 3.64. The van der Waals surface area contributed by atoms with Gasteiger partial charge < -0.3 is 0 Å². The maximum atomic E-state index is 11.5. The monoisotopic (exact) mass is 252 g/mol. The van der Waals surface area contributed by atoms with Crippen molar-refractivity contribution in [2.24, 2.45) is 0 Å². The van der Waals surface area contributed by atoms with Gasteiger partial charge in [0.05, 0.1) is 12.4 Å². The third-order valence-electron chi connectivity index (χ3n) is 2.79. The van der Waals surface area contributed by atoms with Crippen molar-refractivity contribution in [3.63, 3.8) is 0 Å². The second-order valence-electron chi connectivity index (χ2n) is 4.11. The number of hydrogen-bond donors (Lipinski definition) is 0. The molecule has 0 bridgehead atoms. The smallest absolute Gasteiger partial charge is 0.270 e. The molecule has 0 unspecified atom stereocenters. The first kappa shape index (κ1) is 12.3. The molecular formula is C13H16O3S. The van der Waals surface area contributed by atoms with Crippen molar-refractivity contribution in [2.75, 3.05) is 12.4 Å². The topological polar surface area (TPSA) is 43.4 Å². The van der Waals surface area contributed by atoms with E-state index in [9.17, 15) is 8.42 Å². The summed E-state index contributed by atoms with van der Waals surface area (Å²) in [5, 5.41) is 0. The lowest BCUT2D eigenvalue weighted by atomic mass is 9.93. The van der Waals surface area contributed by atoms with E-state index in [-0.39, 0.29) is 12.4 Å². The van der Waals surface area contributed by atoms with Gasteiger partial charge >= 0.3 is 0 Å². The summed E-state index contributed by atoms with van der Waals surface area (Å²) in [6, 6.07) is 8.07. The van der Waals surface area contributed by atoms with Crippen LogP contribution in [-0.2, 0) is 20.7 Å². The minimum atomic E-state index is -3.40. The highest BCUT2D eigenvalue weighted by Crippen LogP contribution is 2.24. The van der Waals surface area contributed by atoms with Crippen LogP contribution in [0.2, 0.25) is 0 Å². The zero-order chi connectivity index (χ0) is 12.3. The average molecular weight is 252 g/mol. The lowest BCUT2D eigenvalue weighted by Gasteiger charge is -2.16. The summed E-state index contributed by atoms with van der Waals surface area (Å²) in [6.07, 6.45) is 3.67. The molecule has 0 saturated heterocycles. The third-order valence-corrected chi connectivity index (χ3v) is 4.11. The van der Waals surface area contributed by atoms with E-state index in [4.69, 9.17) is 4.18 Å². The number of rotatable bonds is 4. The van der Waals surface area contributed by atoms with Crippen molar-refractivity contribution >= 4 is 16.2 Å². The molecule has 0 aliphatic heterocycles. The van der Waals surface area contributed by atoms with Gasteiger partial charge in [-0.3, -0.25) is 4.18 Å². The van der Waals surface area contributed by atoms with E-state index in [1.165, 1.54) is 5.56 Å². The van der Waals surface area contributed by atoms with Gasteiger partial charge in [0, 0.05) is 0 Å². The molecule has 0 aromatic heterocycles. The highest BCUT2D eigenvalue weighted by Gasteiger charge is 2.17. The Morgan fingerprint density at radius 1 is 1.24 bits per heavy atom. The van der Waals surface area contributed by atoms with Gasteiger partial charge in [-0.25, -0.2) is 0 Å². The fraction of sp³-hybridized carbons (Fsp3) is 0.385. The second kappa shape index (κ2) is 5.02. The molecule has 0 fully saturated rings. The number of fused-ring (bicyclic) bond motifs is 1. The highest BCUT2D eigenvalue weighted by molar-refractivity contribution is 7.86. The predicted molar refractivity (Wildman–Crippen MR) is 68.2 cm³/mol. The molecule has 0 spiro atoms. The second-order valence-corrected chi connectivity index (χ2v) is 5.75. The minimum absolute atomic E-state index is 0.00910. The Morgan fingerprint density at radius 2 is 2.00 bits per heavy atom. The Balaban J connectivity index is 2.18. The van der Waals surface area contributed by atoms with Gasteiger partial charge in [0.25, 0.3) is 10.1 Å². The SMILES string of the molecule is CCOS(=O)(=O)CC1=Cc2ccccc2CC1. The minimum Gasteiger partial charge on any atom is -0.270 e. The molecular weight excluding hydrogens is 236 g/mol. The van der Waals surface area contributed by atoms with Crippen LogP contribution in [0.5, 0.6) is 0 Å². The molecule has 92 valence electrons. The molecule has 2 rings (SSSR count). The molecule has 0 amide bonds. The summed E-state index contributed by atoms with van der Waals surface area (Å²) >= 11 is 0. The Labute approximate surface area is 102 Å². The van der Waals surface area contributed by atoms with Gasteiger partial charge in [0.15, 0.2) is 0 Å². The van der Waals surface area contributed by atoms with Crippen LogP contribution in [0.3, 0.4) is 0 Å². The summed E-state index contributed by atoms with van der Waals surface area (Å²) in [4.78, 5) is 0. The fourth-order valence-electron chi connectivity index (χ4n) is 2.05. The summed E-state index contributed by atoms with van der Waals surface area (Å²) in [7, 11) is -3.40. The fourth-order valence-corrected chi connectivity index (χ4v) is 3.18.